The molecule has 0 spiro atoms. The van der Waals surface area contributed by atoms with Crippen molar-refractivity contribution in [3.05, 3.63) is 48.5 Å². The fourth-order valence-corrected chi connectivity index (χ4v) is 30.6. The second-order valence-corrected chi connectivity index (χ2v) is 29.8. The molecule has 4 rings (SSSR count). The smallest absolute Gasteiger partial charge is 0.248 e. The minimum Gasteiger partial charge on any atom is -0.457 e. The molecule has 0 bridgehead atoms. The van der Waals surface area contributed by atoms with E-state index in [4.69, 9.17) is 45.6 Å². The Labute approximate surface area is 233 Å². The maximum Gasteiger partial charge on any atom is 0.248 e. The van der Waals surface area contributed by atoms with E-state index in [-0.39, 0.29) is 6.79 Å². The van der Waals surface area contributed by atoms with E-state index in [0.29, 0.717) is 11.5 Å². The van der Waals surface area contributed by atoms with Crippen LogP contribution in [-0.4, -0.2) is 73.4 Å². The molecule has 2 aliphatic heterocycles. The van der Waals surface area contributed by atoms with Crippen LogP contribution in [0.1, 0.15) is 0 Å². The summed E-state index contributed by atoms with van der Waals surface area (Å²) in [5.41, 5.74) is 0. The van der Waals surface area contributed by atoms with Crippen LogP contribution in [0.3, 0.4) is 0 Å². The second kappa shape index (κ2) is 11.0. The monoisotopic (exact) mass is 650 g/mol. The van der Waals surface area contributed by atoms with Gasteiger partial charge in [0.05, 0.1) is 28.8 Å². The van der Waals surface area contributed by atoms with E-state index in [1.807, 2.05) is 61.9 Å². The summed E-state index contributed by atoms with van der Waals surface area (Å²) in [6.07, 6.45) is 0. The van der Waals surface area contributed by atoms with Crippen molar-refractivity contribution < 1.29 is 18.5 Å². The summed E-state index contributed by atoms with van der Waals surface area (Å²) >= 11 is 0. The third-order valence-corrected chi connectivity index (χ3v) is 25.5. The maximum atomic E-state index is 6.30. The highest BCUT2D eigenvalue weighted by molar-refractivity contribution is 7.85. The predicted molar refractivity (Wildman–Crippen MR) is 176 cm³/mol. The summed E-state index contributed by atoms with van der Waals surface area (Å²) in [6.45, 7) is 21.0. The fraction of sp³-hybridized carbons (Fsp3) is 0.478. The van der Waals surface area contributed by atoms with Gasteiger partial charge in [-0.15, -0.1) is 0 Å². The first-order chi connectivity index (χ1) is 17.8. The highest BCUT2D eigenvalue weighted by atomic mass is 31.3. The van der Waals surface area contributed by atoms with Gasteiger partial charge in [-0.05, 0) is 102 Å². The largest absolute Gasteiger partial charge is 0.457 e. The molecule has 2 aliphatic rings. The normalized spacial score (nSPS) is 27.5. The van der Waals surface area contributed by atoms with Crippen molar-refractivity contribution in [2.24, 2.45) is 27.1 Å². The summed E-state index contributed by atoms with van der Waals surface area (Å²) < 4.78 is 53.6. The minimum atomic E-state index is -2.27. The Morgan fingerprint density at radius 3 is 1.00 bits per heavy atom. The van der Waals surface area contributed by atoms with Gasteiger partial charge in [0.15, 0.2) is 0 Å². The first-order valence-electron chi connectivity index (χ1n) is 12.3. The Kier molecular flexibility index (Phi) is 8.75. The summed E-state index contributed by atoms with van der Waals surface area (Å²) in [7, 11) is -11.4. The lowest BCUT2D eigenvalue weighted by atomic mass is 10.3. The van der Waals surface area contributed by atoms with Crippen molar-refractivity contribution in [1.82, 2.24) is 0 Å². The molecule has 0 N–H and O–H groups in total. The predicted octanol–water partition coefficient (Wildman–Crippen LogP) is 10.7. The topological polar surface area (TPSA) is 111 Å². The van der Waals surface area contributed by atoms with Crippen LogP contribution in [-0.2, 0) is 0 Å². The van der Waals surface area contributed by atoms with Crippen LogP contribution < -0.4 is 18.5 Å². The van der Waals surface area contributed by atoms with Crippen molar-refractivity contribution in [3.63, 3.8) is 0 Å². The highest BCUT2D eigenvalue weighted by Gasteiger charge is 2.27. The molecular weight excluding hydrogens is 610 g/mol. The molecule has 2 atom stereocenters. The standard InChI is InChI=1S/C23H40N6O4P6/c1-34(2)24-35(3,4)27-38(9,26-34)32-22-15-11-20(12-16-22)30-19-31-21-13-17-23(18-14-21)33-39(10)28-36(5,6)25-37(7,8)29-39/h11-18H,19H2,1-10H3. The van der Waals surface area contributed by atoms with Crippen molar-refractivity contribution in [1.29, 1.82) is 0 Å². The number of nitrogens with zero attached hydrogens (tertiary/aromatic N) is 6. The quantitative estimate of drug-likeness (QED) is 0.209. The van der Waals surface area contributed by atoms with E-state index in [1.54, 1.807) is 0 Å². The molecule has 0 amide bonds. The highest BCUT2D eigenvalue weighted by Crippen LogP contribution is 2.74. The van der Waals surface area contributed by atoms with Crippen LogP contribution in [0.2, 0.25) is 0 Å². The molecule has 2 heterocycles. The molecule has 0 saturated carbocycles. The molecule has 0 fully saturated rings. The van der Waals surface area contributed by atoms with Crippen molar-refractivity contribution in [2.45, 2.75) is 0 Å². The van der Waals surface area contributed by atoms with Crippen LogP contribution >= 0.6 is 43.7 Å². The fourth-order valence-electron chi connectivity index (χ4n) is 4.63. The summed E-state index contributed by atoms with van der Waals surface area (Å²) in [5, 5.41) is 0. The van der Waals surface area contributed by atoms with Gasteiger partial charge in [-0.2, -0.15) is 0 Å². The van der Waals surface area contributed by atoms with Crippen LogP contribution in [0.4, 0.5) is 0 Å². The van der Waals surface area contributed by atoms with Gasteiger partial charge in [0.1, 0.15) is 23.0 Å². The number of benzene rings is 2. The summed E-state index contributed by atoms with van der Waals surface area (Å²) in [6, 6.07) is 15.0. The second-order valence-electron chi connectivity index (χ2n) is 11.1. The van der Waals surface area contributed by atoms with Crippen LogP contribution in [0.5, 0.6) is 23.0 Å². The lowest BCUT2D eigenvalue weighted by molar-refractivity contribution is 0.120. The number of hydrogen-bond donors (Lipinski definition) is 0. The molecule has 39 heavy (non-hydrogen) atoms. The Hall–Kier alpha value is -0.980. The number of rotatable bonds is 8. The molecule has 0 aliphatic carbocycles. The van der Waals surface area contributed by atoms with Gasteiger partial charge in [-0.3, -0.25) is 0 Å². The Morgan fingerprint density at radius 1 is 0.410 bits per heavy atom. The van der Waals surface area contributed by atoms with E-state index in [9.17, 15) is 0 Å². The third kappa shape index (κ3) is 9.00. The Morgan fingerprint density at radius 2 is 0.692 bits per heavy atom. The number of hydrogen-bond acceptors (Lipinski definition) is 10. The van der Waals surface area contributed by atoms with Gasteiger partial charge in [-0.25, -0.2) is 27.1 Å². The van der Waals surface area contributed by atoms with Gasteiger partial charge in [-0.1, -0.05) is 0 Å². The minimum absolute atomic E-state index is 0.0723. The maximum absolute atomic E-state index is 6.30. The van der Waals surface area contributed by atoms with Crippen molar-refractivity contribution >= 4 is 43.7 Å². The van der Waals surface area contributed by atoms with E-state index in [0.717, 1.165) is 11.5 Å². The Balaban J connectivity index is 1.33. The molecule has 2 aromatic carbocycles. The molecule has 16 heteroatoms. The van der Waals surface area contributed by atoms with Gasteiger partial charge >= 0.3 is 0 Å². The zero-order valence-corrected chi connectivity index (χ0v) is 29.7. The van der Waals surface area contributed by atoms with Gasteiger partial charge < -0.3 is 18.5 Å². The van der Waals surface area contributed by atoms with Crippen LogP contribution in [0, 0.1) is 0 Å². The molecular formula is C23H40N6O4P6. The first kappa shape index (κ1) is 31.0. The molecule has 10 nitrogen and oxygen atoms in total. The van der Waals surface area contributed by atoms with Crippen molar-refractivity contribution in [3.8, 4) is 23.0 Å². The van der Waals surface area contributed by atoms with E-state index in [2.05, 4.69) is 53.3 Å². The molecule has 0 saturated heterocycles. The average molecular weight is 650 g/mol. The molecule has 2 unspecified atom stereocenters. The van der Waals surface area contributed by atoms with Crippen LogP contribution in [0.25, 0.3) is 0 Å². The molecule has 0 aromatic heterocycles. The first-order valence-corrected chi connectivity index (χ1v) is 26.7. The van der Waals surface area contributed by atoms with E-state index < -0.39 is 43.7 Å². The molecule has 0 radical (unpaired) electrons. The zero-order chi connectivity index (χ0) is 28.7. The van der Waals surface area contributed by atoms with Gasteiger partial charge in [0.25, 0.3) is 0 Å². The Bertz CT molecular complexity index is 1460. The SMILES string of the molecule is CP1(C)=NP(C)(C)=NP(C)(Oc2ccc(OCOc3ccc(OP4(C)=NP(C)(C)=NP(C)(C)=N4)cc3)cc2)=N1. The van der Waals surface area contributed by atoms with Gasteiger partial charge in [0, 0.05) is 13.3 Å². The third-order valence-electron chi connectivity index (χ3n) is 5.07. The summed E-state index contributed by atoms with van der Waals surface area (Å²) in [4.78, 5) is 0. The lowest BCUT2D eigenvalue weighted by Crippen LogP contribution is -2.05. The van der Waals surface area contributed by atoms with Crippen molar-refractivity contribution in [2.75, 3.05) is 73.4 Å². The lowest BCUT2D eigenvalue weighted by Gasteiger charge is -2.28. The van der Waals surface area contributed by atoms with E-state index in [1.165, 1.54) is 0 Å². The molecule has 216 valence electrons. The van der Waals surface area contributed by atoms with E-state index >= 15 is 0 Å². The average Bonchev–Trinajstić information content (AvgIpc) is 2.70. The summed E-state index contributed by atoms with van der Waals surface area (Å²) in [5.74, 6) is 2.81. The zero-order valence-electron chi connectivity index (χ0n) is 24.3. The molecule has 2 aromatic rings. The van der Waals surface area contributed by atoms with Gasteiger partial charge in [0.2, 0.25) is 21.7 Å². The number of ether oxygens (including phenoxy) is 2. The van der Waals surface area contributed by atoms with Crippen LogP contribution in [0.15, 0.2) is 75.6 Å².